The maximum absolute atomic E-state index is 4.39. The van der Waals surface area contributed by atoms with Gasteiger partial charge in [0.25, 0.3) is 0 Å². The summed E-state index contributed by atoms with van der Waals surface area (Å²) in [4.78, 5) is 11.1. The van der Waals surface area contributed by atoms with Crippen molar-refractivity contribution in [2.75, 3.05) is 31.5 Å². The first-order valence-corrected chi connectivity index (χ1v) is 7.01. The van der Waals surface area contributed by atoms with Crippen molar-refractivity contribution in [2.24, 2.45) is 0 Å². The fourth-order valence-electron chi connectivity index (χ4n) is 2.19. The van der Waals surface area contributed by atoms with Crippen LogP contribution in [0.1, 0.15) is 20.3 Å². The number of nitrogens with zero attached hydrogens (tertiary/aromatic N) is 3. The Bertz CT molecular complexity index is 503. The summed E-state index contributed by atoms with van der Waals surface area (Å²) in [5.41, 5.74) is 2.97. The zero-order valence-corrected chi connectivity index (χ0v) is 11.8. The molecule has 0 bridgehead atoms. The lowest BCUT2D eigenvalue weighted by molar-refractivity contribution is 0.303. The lowest BCUT2D eigenvalue weighted by atomic mass is 10.2. The van der Waals surface area contributed by atoms with Gasteiger partial charge in [0, 0.05) is 18.9 Å². The molecule has 102 valence electrons. The van der Waals surface area contributed by atoms with Crippen molar-refractivity contribution in [1.29, 1.82) is 0 Å². The Morgan fingerprint density at radius 2 is 1.95 bits per heavy atom. The monoisotopic (exact) mass is 258 g/mol. The molecule has 0 unspecified atom stereocenters. The molecule has 0 spiro atoms. The van der Waals surface area contributed by atoms with E-state index in [1.54, 1.807) is 0 Å². The summed E-state index contributed by atoms with van der Waals surface area (Å²) in [5, 5.41) is 3.46. The first-order valence-electron chi connectivity index (χ1n) is 7.01. The quantitative estimate of drug-likeness (QED) is 0.775. The van der Waals surface area contributed by atoms with Gasteiger partial charge in [0.15, 0.2) is 0 Å². The third-order valence-corrected chi connectivity index (χ3v) is 3.36. The van der Waals surface area contributed by atoms with Crippen LogP contribution in [0.2, 0.25) is 0 Å². The average molecular weight is 258 g/mol. The minimum atomic E-state index is 0.941. The van der Waals surface area contributed by atoms with Crippen LogP contribution in [0.4, 0.5) is 5.69 Å². The van der Waals surface area contributed by atoms with E-state index in [1.165, 1.54) is 0 Å². The van der Waals surface area contributed by atoms with Gasteiger partial charge in [-0.05, 0) is 44.3 Å². The zero-order chi connectivity index (χ0) is 13.5. The number of pyridine rings is 2. The van der Waals surface area contributed by atoms with Crippen LogP contribution in [0.3, 0.4) is 0 Å². The number of hydrogen-bond donors (Lipinski definition) is 1. The third kappa shape index (κ3) is 3.64. The molecule has 4 heteroatoms. The van der Waals surface area contributed by atoms with E-state index in [4.69, 9.17) is 0 Å². The Morgan fingerprint density at radius 3 is 2.74 bits per heavy atom. The molecule has 0 saturated carbocycles. The number of nitrogens with one attached hydrogen (secondary N) is 1. The second kappa shape index (κ2) is 7.04. The van der Waals surface area contributed by atoms with Crippen molar-refractivity contribution in [3.05, 3.63) is 30.6 Å². The van der Waals surface area contributed by atoms with E-state index < -0.39 is 0 Å². The molecule has 0 amide bonds. The van der Waals surface area contributed by atoms with E-state index in [0.29, 0.717) is 0 Å². The third-order valence-electron chi connectivity index (χ3n) is 3.36. The number of anilines is 1. The topological polar surface area (TPSA) is 41.0 Å². The maximum atomic E-state index is 4.39. The average Bonchev–Trinajstić information content (AvgIpc) is 2.47. The SMILES string of the molecule is CCN(CC)CCCNc1ccnc2cccnc12. The Morgan fingerprint density at radius 1 is 1.11 bits per heavy atom. The van der Waals surface area contributed by atoms with Gasteiger partial charge in [0.2, 0.25) is 0 Å². The van der Waals surface area contributed by atoms with Crippen molar-refractivity contribution in [1.82, 2.24) is 14.9 Å². The molecule has 4 nitrogen and oxygen atoms in total. The Balaban J connectivity index is 1.91. The van der Waals surface area contributed by atoms with E-state index in [-0.39, 0.29) is 0 Å². The van der Waals surface area contributed by atoms with Crippen LogP contribution in [0.5, 0.6) is 0 Å². The van der Waals surface area contributed by atoms with Crippen LogP contribution >= 0.6 is 0 Å². The van der Waals surface area contributed by atoms with Gasteiger partial charge in [0.1, 0.15) is 5.52 Å². The smallest absolute Gasteiger partial charge is 0.112 e. The van der Waals surface area contributed by atoms with Gasteiger partial charge in [-0.3, -0.25) is 9.97 Å². The van der Waals surface area contributed by atoms with E-state index >= 15 is 0 Å². The summed E-state index contributed by atoms with van der Waals surface area (Å²) in [5.74, 6) is 0. The highest BCUT2D eigenvalue weighted by atomic mass is 15.1. The highest BCUT2D eigenvalue weighted by Gasteiger charge is 2.02. The summed E-state index contributed by atoms with van der Waals surface area (Å²) in [6.07, 6.45) is 4.78. The molecule has 2 heterocycles. The lowest BCUT2D eigenvalue weighted by Gasteiger charge is -2.18. The van der Waals surface area contributed by atoms with Gasteiger partial charge in [-0.1, -0.05) is 13.8 Å². The molecule has 0 aromatic carbocycles. The molecule has 2 aromatic rings. The predicted octanol–water partition coefficient (Wildman–Crippen LogP) is 2.77. The molecule has 0 aliphatic carbocycles. The Kier molecular flexibility index (Phi) is 5.10. The standard InChI is InChI=1S/C15H22N4/c1-3-19(4-2)12-6-10-16-14-8-11-17-13-7-5-9-18-15(13)14/h5,7-9,11H,3-4,6,10,12H2,1-2H3,(H,16,17). The number of rotatable bonds is 7. The summed E-state index contributed by atoms with van der Waals surface area (Å²) < 4.78 is 0. The first-order chi connectivity index (χ1) is 9.35. The maximum Gasteiger partial charge on any atom is 0.112 e. The molecule has 0 aliphatic heterocycles. The molecular weight excluding hydrogens is 236 g/mol. The number of fused-ring (bicyclic) bond motifs is 1. The number of aromatic nitrogens is 2. The largest absolute Gasteiger partial charge is 0.383 e. The van der Waals surface area contributed by atoms with Crippen LogP contribution < -0.4 is 5.32 Å². The first kappa shape index (κ1) is 13.7. The van der Waals surface area contributed by atoms with Gasteiger partial charge >= 0.3 is 0 Å². The lowest BCUT2D eigenvalue weighted by Crippen LogP contribution is -2.25. The second-order valence-electron chi connectivity index (χ2n) is 4.54. The van der Waals surface area contributed by atoms with Crippen molar-refractivity contribution < 1.29 is 0 Å². The van der Waals surface area contributed by atoms with Crippen molar-refractivity contribution in [2.45, 2.75) is 20.3 Å². The van der Waals surface area contributed by atoms with Gasteiger partial charge in [-0.25, -0.2) is 0 Å². The fraction of sp³-hybridized carbons (Fsp3) is 0.467. The fourth-order valence-corrected chi connectivity index (χ4v) is 2.19. The molecule has 0 radical (unpaired) electrons. The minimum Gasteiger partial charge on any atom is -0.383 e. The molecule has 0 aliphatic rings. The Labute approximate surface area is 114 Å². The van der Waals surface area contributed by atoms with Crippen LogP contribution in [0.15, 0.2) is 30.6 Å². The molecule has 0 atom stereocenters. The summed E-state index contributed by atoms with van der Waals surface area (Å²) in [7, 11) is 0. The molecule has 19 heavy (non-hydrogen) atoms. The van der Waals surface area contributed by atoms with Crippen LogP contribution in [-0.2, 0) is 0 Å². The van der Waals surface area contributed by atoms with Gasteiger partial charge in [-0.15, -0.1) is 0 Å². The van der Waals surface area contributed by atoms with Gasteiger partial charge in [-0.2, -0.15) is 0 Å². The van der Waals surface area contributed by atoms with Crippen molar-refractivity contribution in [3.63, 3.8) is 0 Å². The van der Waals surface area contributed by atoms with Crippen molar-refractivity contribution in [3.8, 4) is 0 Å². The van der Waals surface area contributed by atoms with E-state index in [0.717, 1.165) is 49.3 Å². The highest BCUT2D eigenvalue weighted by Crippen LogP contribution is 2.18. The van der Waals surface area contributed by atoms with E-state index in [1.807, 2.05) is 30.6 Å². The van der Waals surface area contributed by atoms with Gasteiger partial charge in [0.05, 0.1) is 11.2 Å². The summed E-state index contributed by atoms with van der Waals surface area (Å²) in [6, 6.07) is 5.90. The zero-order valence-electron chi connectivity index (χ0n) is 11.8. The Hall–Kier alpha value is -1.68. The molecule has 0 fully saturated rings. The van der Waals surface area contributed by atoms with Crippen LogP contribution in [0, 0.1) is 0 Å². The predicted molar refractivity (Wildman–Crippen MR) is 80.4 cm³/mol. The summed E-state index contributed by atoms with van der Waals surface area (Å²) in [6.45, 7) is 8.75. The highest BCUT2D eigenvalue weighted by molar-refractivity contribution is 5.86. The summed E-state index contributed by atoms with van der Waals surface area (Å²) >= 11 is 0. The molecule has 1 N–H and O–H groups in total. The van der Waals surface area contributed by atoms with E-state index in [2.05, 4.69) is 34.0 Å². The molecular formula is C15H22N4. The van der Waals surface area contributed by atoms with Gasteiger partial charge < -0.3 is 10.2 Å². The van der Waals surface area contributed by atoms with Crippen LogP contribution in [0.25, 0.3) is 11.0 Å². The minimum absolute atomic E-state index is 0.941. The van der Waals surface area contributed by atoms with Crippen molar-refractivity contribution >= 4 is 16.7 Å². The second-order valence-corrected chi connectivity index (χ2v) is 4.54. The normalized spacial score (nSPS) is 11.1. The molecule has 2 rings (SSSR count). The number of hydrogen-bond acceptors (Lipinski definition) is 4. The molecule has 2 aromatic heterocycles. The van der Waals surface area contributed by atoms with Crippen LogP contribution in [-0.4, -0.2) is 41.0 Å². The van der Waals surface area contributed by atoms with E-state index in [9.17, 15) is 0 Å². The molecule has 0 saturated heterocycles.